The van der Waals surface area contributed by atoms with E-state index in [-0.39, 0.29) is 11.9 Å². The summed E-state index contributed by atoms with van der Waals surface area (Å²) in [7, 11) is 1.96. The number of anilines is 1. The molecular formula is C13H18ClN3O2. The van der Waals surface area contributed by atoms with Gasteiger partial charge >= 0.3 is 0 Å². The van der Waals surface area contributed by atoms with Crippen LogP contribution < -0.4 is 10.6 Å². The number of rotatable bonds is 4. The first kappa shape index (κ1) is 14.0. The second-order valence-corrected chi connectivity index (χ2v) is 5.10. The highest BCUT2D eigenvalue weighted by Crippen LogP contribution is 2.25. The molecule has 0 bridgehead atoms. The number of hydrogen-bond donors (Lipinski definition) is 2. The third-order valence-corrected chi connectivity index (χ3v) is 3.49. The van der Waals surface area contributed by atoms with Crippen LogP contribution in [0.4, 0.5) is 5.69 Å². The SMILES string of the molecule is CN(CC1CCCO1)c1ccc(Cl)cc1C(N)=NO. The highest BCUT2D eigenvalue weighted by Gasteiger charge is 2.19. The van der Waals surface area contributed by atoms with Gasteiger partial charge in [0.2, 0.25) is 0 Å². The van der Waals surface area contributed by atoms with E-state index in [0.717, 1.165) is 31.7 Å². The Morgan fingerprint density at radius 1 is 1.63 bits per heavy atom. The van der Waals surface area contributed by atoms with E-state index in [1.807, 2.05) is 18.0 Å². The molecule has 1 aliphatic rings. The summed E-state index contributed by atoms with van der Waals surface area (Å²) < 4.78 is 5.62. The van der Waals surface area contributed by atoms with Crippen LogP contribution in [0.25, 0.3) is 0 Å². The molecule has 0 aliphatic carbocycles. The molecule has 0 aromatic heterocycles. The third-order valence-electron chi connectivity index (χ3n) is 3.26. The molecule has 0 amide bonds. The molecule has 1 aromatic carbocycles. The lowest BCUT2D eigenvalue weighted by molar-refractivity contribution is 0.116. The highest BCUT2D eigenvalue weighted by atomic mass is 35.5. The predicted molar refractivity (Wildman–Crippen MR) is 76.2 cm³/mol. The molecule has 6 heteroatoms. The molecular weight excluding hydrogens is 266 g/mol. The maximum atomic E-state index is 8.85. The first-order chi connectivity index (χ1) is 9.11. The normalized spacial score (nSPS) is 19.7. The van der Waals surface area contributed by atoms with E-state index in [1.165, 1.54) is 0 Å². The Bertz CT molecular complexity index is 473. The van der Waals surface area contributed by atoms with Crippen molar-refractivity contribution in [3.05, 3.63) is 28.8 Å². The van der Waals surface area contributed by atoms with Crippen LogP contribution in [0.15, 0.2) is 23.4 Å². The van der Waals surface area contributed by atoms with Crippen LogP contribution in [0, 0.1) is 0 Å². The fourth-order valence-corrected chi connectivity index (χ4v) is 2.46. The smallest absolute Gasteiger partial charge is 0.172 e. The maximum Gasteiger partial charge on any atom is 0.172 e. The molecule has 3 N–H and O–H groups in total. The molecule has 1 heterocycles. The Morgan fingerprint density at radius 3 is 3.05 bits per heavy atom. The van der Waals surface area contributed by atoms with E-state index in [1.54, 1.807) is 12.1 Å². The van der Waals surface area contributed by atoms with Crippen LogP contribution >= 0.6 is 11.6 Å². The largest absolute Gasteiger partial charge is 0.409 e. The minimum Gasteiger partial charge on any atom is -0.409 e. The van der Waals surface area contributed by atoms with Crippen LogP contribution in [-0.2, 0) is 4.74 Å². The number of amidine groups is 1. The summed E-state index contributed by atoms with van der Waals surface area (Å²) in [6, 6.07) is 5.35. The molecule has 1 atom stereocenters. The molecule has 5 nitrogen and oxygen atoms in total. The summed E-state index contributed by atoms with van der Waals surface area (Å²) in [6.45, 7) is 1.60. The highest BCUT2D eigenvalue weighted by molar-refractivity contribution is 6.31. The standard InChI is InChI=1S/C13H18ClN3O2/c1-17(8-10-3-2-6-19-10)12-5-4-9(14)7-11(12)13(15)16-18/h4-5,7,10,18H,2-3,6,8H2,1H3,(H2,15,16). The molecule has 0 radical (unpaired) electrons. The van der Waals surface area contributed by atoms with Gasteiger partial charge in [0, 0.05) is 36.5 Å². The second-order valence-electron chi connectivity index (χ2n) is 4.66. The van der Waals surface area contributed by atoms with Gasteiger partial charge in [-0.1, -0.05) is 16.8 Å². The van der Waals surface area contributed by atoms with E-state index in [4.69, 9.17) is 27.3 Å². The Kier molecular flexibility index (Phi) is 4.50. The zero-order chi connectivity index (χ0) is 13.8. The lowest BCUT2D eigenvalue weighted by atomic mass is 10.1. The van der Waals surface area contributed by atoms with Gasteiger partial charge in [-0.05, 0) is 31.0 Å². The number of nitrogens with zero attached hydrogens (tertiary/aromatic N) is 2. The van der Waals surface area contributed by atoms with Gasteiger partial charge in [-0.25, -0.2) is 0 Å². The molecule has 104 valence electrons. The average Bonchev–Trinajstić information content (AvgIpc) is 2.90. The van der Waals surface area contributed by atoms with Gasteiger partial charge in [0.25, 0.3) is 0 Å². The van der Waals surface area contributed by atoms with Crippen molar-refractivity contribution < 1.29 is 9.94 Å². The molecule has 1 aromatic rings. The number of ether oxygens (including phenoxy) is 1. The second kappa shape index (κ2) is 6.12. The number of oxime groups is 1. The van der Waals surface area contributed by atoms with Gasteiger partial charge in [-0.15, -0.1) is 0 Å². The van der Waals surface area contributed by atoms with Gasteiger partial charge in [-0.3, -0.25) is 0 Å². The molecule has 19 heavy (non-hydrogen) atoms. The zero-order valence-corrected chi connectivity index (χ0v) is 11.6. The van der Waals surface area contributed by atoms with E-state index in [9.17, 15) is 0 Å². The Morgan fingerprint density at radius 2 is 2.42 bits per heavy atom. The van der Waals surface area contributed by atoms with E-state index >= 15 is 0 Å². The number of hydrogen-bond acceptors (Lipinski definition) is 4. The van der Waals surface area contributed by atoms with E-state index < -0.39 is 0 Å². The van der Waals surface area contributed by atoms with Crippen molar-refractivity contribution in [2.24, 2.45) is 10.9 Å². The Hall–Kier alpha value is -1.46. The van der Waals surface area contributed by atoms with E-state index in [2.05, 4.69) is 5.16 Å². The fourth-order valence-electron chi connectivity index (χ4n) is 2.29. The number of likely N-dealkylation sites (N-methyl/N-ethyl adjacent to an activating group) is 1. The molecule has 1 aliphatic heterocycles. The summed E-state index contributed by atoms with van der Waals surface area (Å²) in [5.41, 5.74) is 7.18. The van der Waals surface area contributed by atoms with Crippen molar-refractivity contribution in [2.45, 2.75) is 18.9 Å². The van der Waals surface area contributed by atoms with Crippen LogP contribution in [-0.4, -0.2) is 37.3 Å². The van der Waals surface area contributed by atoms with Crippen molar-refractivity contribution >= 4 is 23.1 Å². The summed E-state index contributed by atoms with van der Waals surface area (Å²) in [5.74, 6) is 0.0525. The third kappa shape index (κ3) is 3.30. The minimum absolute atomic E-state index is 0.0525. The topological polar surface area (TPSA) is 71.1 Å². The zero-order valence-electron chi connectivity index (χ0n) is 10.8. The van der Waals surface area contributed by atoms with Gasteiger partial charge in [0.15, 0.2) is 5.84 Å². The minimum atomic E-state index is 0.0525. The van der Waals surface area contributed by atoms with Gasteiger partial charge in [0.05, 0.1) is 6.10 Å². The first-order valence-corrected chi connectivity index (χ1v) is 6.60. The van der Waals surface area contributed by atoms with E-state index in [0.29, 0.717) is 10.6 Å². The summed E-state index contributed by atoms with van der Waals surface area (Å²) >= 11 is 5.96. The van der Waals surface area contributed by atoms with Crippen LogP contribution in [0.2, 0.25) is 5.02 Å². The summed E-state index contributed by atoms with van der Waals surface area (Å²) in [6.07, 6.45) is 2.41. The number of benzene rings is 1. The summed E-state index contributed by atoms with van der Waals surface area (Å²) in [4.78, 5) is 2.04. The van der Waals surface area contributed by atoms with Crippen molar-refractivity contribution in [1.29, 1.82) is 0 Å². The average molecular weight is 284 g/mol. The number of nitrogens with two attached hydrogens (primary N) is 1. The lowest BCUT2D eigenvalue weighted by Crippen LogP contribution is -2.30. The quantitative estimate of drug-likeness (QED) is 0.384. The number of halogens is 1. The van der Waals surface area contributed by atoms with Crippen LogP contribution in [0.5, 0.6) is 0 Å². The monoisotopic (exact) mass is 283 g/mol. The molecule has 0 spiro atoms. The van der Waals surface area contributed by atoms with Crippen LogP contribution in [0.1, 0.15) is 18.4 Å². The molecule has 1 saturated heterocycles. The van der Waals surface area contributed by atoms with Gasteiger partial charge in [-0.2, -0.15) is 0 Å². The van der Waals surface area contributed by atoms with Gasteiger partial charge in [0.1, 0.15) is 0 Å². The van der Waals surface area contributed by atoms with Crippen molar-refractivity contribution in [3.8, 4) is 0 Å². The van der Waals surface area contributed by atoms with Crippen molar-refractivity contribution in [2.75, 3.05) is 25.1 Å². The van der Waals surface area contributed by atoms with Crippen molar-refractivity contribution in [1.82, 2.24) is 0 Å². The molecule has 0 saturated carbocycles. The molecule has 1 fully saturated rings. The maximum absolute atomic E-state index is 8.85. The predicted octanol–water partition coefficient (Wildman–Crippen LogP) is 2.05. The summed E-state index contributed by atoms with van der Waals surface area (Å²) in [5, 5.41) is 12.5. The first-order valence-electron chi connectivity index (χ1n) is 6.22. The lowest BCUT2D eigenvalue weighted by Gasteiger charge is -2.25. The van der Waals surface area contributed by atoms with Crippen LogP contribution in [0.3, 0.4) is 0 Å². The van der Waals surface area contributed by atoms with Gasteiger partial charge < -0.3 is 20.6 Å². The Labute approximate surface area is 117 Å². The molecule has 2 rings (SSSR count). The Balaban J connectivity index is 2.22. The fraction of sp³-hybridized carbons (Fsp3) is 0.462. The molecule has 1 unspecified atom stereocenters. The van der Waals surface area contributed by atoms with Crippen molar-refractivity contribution in [3.63, 3.8) is 0 Å².